The highest BCUT2D eigenvalue weighted by molar-refractivity contribution is 7.17. The standard InChI is InChI=1S/C9H9ClN4OS2/c1-5-11-6(4-16-5)3-14(2)8(15)7-12-13-9(10)17-7/h4H,3H2,1-2H3. The Bertz CT molecular complexity index is 539. The van der Waals surface area contributed by atoms with Crippen molar-refractivity contribution in [2.45, 2.75) is 13.5 Å². The van der Waals surface area contributed by atoms with Crippen molar-refractivity contribution in [2.24, 2.45) is 0 Å². The second kappa shape index (κ2) is 5.07. The van der Waals surface area contributed by atoms with E-state index >= 15 is 0 Å². The molecule has 0 aromatic carbocycles. The highest BCUT2D eigenvalue weighted by Gasteiger charge is 2.17. The molecule has 5 nitrogen and oxygen atoms in total. The summed E-state index contributed by atoms with van der Waals surface area (Å²) in [5.41, 5.74) is 0.874. The quantitative estimate of drug-likeness (QED) is 0.869. The zero-order chi connectivity index (χ0) is 12.4. The molecule has 17 heavy (non-hydrogen) atoms. The lowest BCUT2D eigenvalue weighted by atomic mass is 10.4. The molecule has 0 spiro atoms. The first-order valence-electron chi connectivity index (χ1n) is 4.71. The van der Waals surface area contributed by atoms with Crippen LogP contribution < -0.4 is 0 Å². The van der Waals surface area contributed by atoms with Crippen molar-refractivity contribution in [1.29, 1.82) is 0 Å². The molecule has 2 aromatic rings. The van der Waals surface area contributed by atoms with E-state index in [1.54, 1.807) is 23.3 Å². The molecule has 2 aromatic heterocycles. The highest BCUT2D eigenvalue weighted by atomic mass is 35.5. The molecule has 2 rings (SSSR count). The van der Waals surface area contributed by atoms with Crippen molar-refractivity contribution in [1.82, 2.24) is 20.1 Å². The summed E-state index contributed by atoms with van der Waals surface area (Å²) in [5.74, 6) is -0.194. The van der Waals surface area contributed by atoms with Crippen molar-refractivity contribution < 1.29 is 4.79 Å². The van der Waals surface area contributed by atoms with Gasteiger partial charge in [0.2, 0.25) is 9.47 Å². The summed E-state index contributed by atoms with van der Waals surface area (Å²) in [7, 11) is 1.70. The molecule has 90 valence electrons. The molecule has 0 atom stereocenters. The Kier molecular flexibility index (Phi) is 3.70. The molecule has 2 heterocycles. The summed E-state index contributed by atoms with van der Waals surface area (Å²) in [4.78, 5) is 17.8. The molecular weight excluding hydrogens is 280 g/mol. The lowest BCUT2D eigenvalue weighted by Crippen LogP contribution is -2.26. The minimum Gasteiger partial charge on any atom is -0.334 e. The molecule has 0 aliphatic carbocycles. The van der Waals surface area contributed by atoms with E-state index < -0.39 is 0 Å². The molecule has 0 fully saturated rings. The molecule has 0 saturated heterocycles. The third kappa shape index (κ3) is 2.99. The zero-order valence-electron chi connectivity index (χ0n) is 9.18. The maximum atomic E-state index is 11.9. The number of aromatic nitrogens is 3. The van der Waals surface area contributed by atoms with Gasteiger partial charge in [-0.2, -0.15) is 0 Å². The zero-order valence-corrected chi connectivity index (χ0v) is 11.6. The summed E-state index contributed by atoms with van der Waals surface area (Å²) in [6.45, 7) is 2.39. The largest absolute Gasteiger partial charge is 0.334 e. The smallest absolute Gasteiger partial charge is 0.284 e. The van der Waals surface area contributed by atoms with Gasteiger partial charge in [0.1, 0.15) is 0 Å². The summed E-state index contributed by atoms with van der Waals surface area (Å²) in [6, 6.07) is 0. The fraction of sp³-hybridized carbons (Fsp3) is 0.333. The van der Waals surface area contributed by atoms with Crippen LogP contribution in [0.4, 0.5) is 0 Å². The van der Waals surface area contributed by atoms with Crippen molar-refractivity contribution in [3.8, 4) is 0 Å². The number of thiazole rings is 1. The van der Waals surface area contributed by atoms with E-state index in [0.717, 1.165) is 22.0 Å². The maximum Gasteiger partial charge on any atom is 0.284 e. The number of aryl methyl sites for hydroxylation is 1. The number of nitrogens with zero attached hydrogens (tertiary/aromatic N) is 4. The molecular formula is C9H9ClN4OS2. The first kappa shape index (κ1) is 12.4. The number of hydrogen-bond acceptors (Lipinski definition) is 6. The summed E-state index contributed by atoms with van der Waals surface area (Å²) in [5, 5.41) is 10.5. The van der Waals surface area contributed by atoms with Crippen molar-refractivity contribution in [3.05, 3.63) is 25.6 Å². The predicted octanol–water partition coefficient (Wildman–Crippen LogP) is 2.23. The van der Waals surface area contributed by atoms with Gasteiger partial charge in [-0.15, -0.1) is 21.5 Å². The van der Waals surface area contributed by atoms with E-state index in [2.05, 4.69) is 15.2 Å². The van der Waals surface area contributed by atoms with Gasteiger partial charge >= 0.3 is 0 Å². The van der Waals surface area contributed by atoms with Crippen LogP contribution in [-0.4, -0.2) is 33.0 Å². The van der Waals surface area contributed by atoms with E-state index in [0.29, 0.717) is 11.6 Å². The van der Waals surface area contributed by atoms with Gasteiger partial charge in [-0.05, 0) is 18.5 Å². The maximum absolute atomic E-state index is 11.9. The molecule has 8 heteroatoms. The number of amides is 1. The molecule has 1 amide bonds. The minimum absolute atomic E-state index is 0.194. The van der Waals surface area contributed by atoms with Crippen LogP contribution in [0.25, 0.3) is 0 Å². The molecule has 0 bridgehead atoms. The number of carbonyl (C=O) groups is 1. The highest BCUT2D eigenvalue weighted by Crippen LogP contribution is 2.17. The van der Waals surface area contributed by atoms with E-state index in [-0.39, 0.29) is 10.4 Å². The van der Waals surface area contributed by atoms with Crippen LogP contribution in [0.1, 0.15) is 20.5 Å². The van der Waals surface area contributed by atoms with Gasteiger partial charge in [0.15, 0.2) is 0 Å². The van der Waals surface area contributed by atoms with Crippen LogP contribution in [0.5, 0.6) is 0 Å². The fourth-order valence-electron chi connectivity index (χ4n) is 1.25. The monoisotopic (exact) mass is 288 g/mol. The van der Waals surface area contributed by atoms with E-state index in [9.17, 15) is 4.79 Å². The van der Waals surface area contributed by atoms with Gasteiger partial charge < -0.3 is 4.90 Å². The van der Waals surface area contributed by atoms with Crippen molar-refractivity contribution in [3.63, 3.8) is 0 Å². The van der Waals surface area contributed by atoms with Crippen molar-refractivity contribution in [2.75, 3.05) is 7.05 Å². The number of halogens is 1. The number of rotatable bonds is 3. The second-order valence-corrected chi connectivity index (χ2v) is 6.00. The first-order valence-corrected chi connectivity index (χ1v) is 6.79. The summed E-state index contributed by atoms with van der Waals surface area (Å²) in [6.07, 6.45) is 0. The Labute approximate surface area is 111 Å². The molecule has 0 N–H and O–H groups in total. The molecule has 0 saturated carbocycles. The van der Waals surface area contributed by atoms with Gasteiger partial charge in [-0.3, -0.25) is 4.79 Å². The van der Waals surface area contributed by atoms with E-state index in [1.165, 1.54) is 0 Å². The Morgan fingerprint density at radius 2 is 2.29 bits per heavy atom. The van der Waals surface area contributed by atoms with Gasteiger partial charge in [0, 0.05) is 12.4 Å². The third-order valence-corrected chi connectivity index (χ3v) is 3.82. The number of hydrogen-bond donors (Lipinski definition) is 0. The van der Waals surface area contributed by atoms with Gasteiger partial charge in [-0.1, -0.05) is 11.3 Å². The molecule has 0 aliphatic rings. The van der Waals surface area contributed by atoms with Gasteiger partial charge in [0.25, 0.3) is 5.91 Å². The number of carbonyl (C=O) groups excluding carboxylic acids is 1. The lowest BCUT2D eigenvalue weighted by Gasteiger charge is -2.13. The van der Waals surface area contributed by atoms with Crippen LogP contribution in [-0.2, 0) is 6.54 Å². The van der Waals surface area contributed by atoms with Crippen LogP contribution in [0.2, 0.25) is 4.47 Å². The third-order valence-electron chi connectivity index (χ3n) is 2.00. The Balaban J connectivity index is 2.05. The molecule has 0 unspecified atom stereocenters. The summed E-state index contributed by atoms with van der Waals surface area (Å²) < 4.78 is 0.270. The molecule has 0 aliphatic heterocycles. The predicted molar refractivity (Wildman–Crippen MR) is 67.6 cm³/mol. The molecule has 0 radical (unpaired) electrons. The van der Waals surface area contributed by atoms with Crippen LogP contribution in [0.15, 0.2) is 5.38 Å². The SMILES string of the molecule is Cc1nc(CN(C)C(=O)c2nnc(Cl)s2)cs1. The average Bonchev–Trinajstić information content (AvgIpc) is 2.87. The lowest BCUT2D eigenvalue weighted by molar-refractivity contribution is 0.0782. The topological polar surface area (TPSA) is 59.0 Å². The van der Waals surface area contributed by atoms with Crippen LogP contribution in [0.3, 0.4) is 0 Å². The van der Waals surface area contributed by atoms with Gasteiger partial charge in [-0.25, -0.2) is 4.98 Å². The Morgan fingerprint density at radius 1 is 1.53 bits per heavy atom. The fourth-order valence-corrected chi connectivity index (χ4v) is 2.68. The van der Waals surface area contributed by atoms with Crippen LogP contribution in [0, 0.1) is 6.92 Å². The van der Waals surface area contributed by atoms with Crippen molar-refractivity contribution >= 4 is 40.2 Å². The first-order chi connectivity index (χ1) is 8.06. The second-order valence-electron chi connectivity index (χ2n) is 3.38. The van der Waals surface area contributed by atoms with Crippen LogP contribution >= 0.6 is 34.3 Å². The summed E-state index contributed by atoms with van der Waals surface area (Å²) >= 11 is 8.27. The Hall–Kier alpha value is -1.05. The normalized spacial score (nSPS) is 10.5. The van der Waals surface area contributed by atoms with E-state index in [4.69, 9.17) is 11.6 Å². The minimum atomic E-state index is -0.194. The van der Waals surface area contributed by atoms with Gasteiger partial charge in [0.05, 0.1) is 17.2 Å². The average molecular weight is 289 g/mol. The van der Waals surface area contributed by atoms with E-state index in [1.807, 2.05) is 12.3 Å². The Morgan fingerprint density at radius 3 is 2.82 bits per heavy atom.